The minimum absolute atomic E-state index is 0.113. The molecule has 0 atom stereocenters. The molecule has 3 N–H and O–H groups in total. The molecule has 1 heterocycles. The van der Waals surface area contributed by atoms with Gasteiger partial charge in [0.1, 0.15) is 45.1 Å². The highest BCUT2D eigenvalue weighted by molar-refractivity contribution is 5.92. The lowest BCUT2D eigenvalue weighted by Gasteiger charge is -2.29. The molecule has 0 radical (unpaired) electrons. The Kier molecular flexibility index (Phi) is 7.46. The Labute approximate surface area is 168 Å². The molecule has 1 aliphatic rings. The number of hydrogen-bond donors (Lipinski definition) is 3. The Morgan fingerprint density at radius 3 is 2.54 bits per heavy atom. The van der Waals surface area contributed by atoms with Gasteiger partial charge < -0.3 is 19.9 Å². The Morgan fingerprint density at radius 1 is 1.04 bits per heavy atom. The number of hydrogen-bond acceptors (Lipinski definition) is 2. The fraction of sp³-hybridized carbons (Fsp3) is 0.435. The van der Waals surface area contributed by atoms with Gasteiger partial charge in [-0.05, 0) is 42.7 Å². The first-order valence-electron chi connectivity index (χ1n) is 10.4. The molecule has 1 aliphatic heterocycles. The highest BCUT2D eigenvalue weighted by atomic mass is 16.5. The van der Waals surface area contributed by atoms with E-state index in [1.165, 1.54) is 16.0 Å². The quantitative estimate of drug-likeness (QED) is 0.616. The Bertz CT molecular complexity index is 770. The zero-order chi connectivity index (χ0) is 19.8. The van der Waals surface area contributed by atoms with Gasteiger partial charge in [-0.1, -0.05) is 37.3 Å². The van der Waals surface area contributed by atoms with Crippen molar-refractivity contribution in [3.05, 3.63) is 59.7 Å². The standard InChI is InChI=1S/C23H31N3O2/c1-3-20-8-4-5-10-22(20)24-23(27)18-26-13-11-25(12-14-26)15-16-28-21-9-6-7-19(2)17-21/h4-10,17H,3,11-16,18H2,1-2H3,(H,24,27)/p+2. The number of nitrogens with one attached hydrogen (secondary N) is 3. The van der Waals surface area contributed by atoms with Crippen LogP contribution < -0.4 is 19.9 Å². The van der Waals surface area contributed by atoms with Crippen molar-refractivity contribution in [3.63, 3.8) is 0 Å². The normalized spacial score (nSPS) is 19.2. The molecule has 0 bridgehead atoms. The molecule has 150 valence electrons. The fourth-order valence-electron chi connectivity index (χ4n) is 3.77. The number of aryl methyl sites for hydroxylation is 2. The summed E-state index contributed by atoms with van der Waals surface area (Å²) in [6.07, 6.45) is 0.927. The minimum Gasteiger partial charge on any atom is -0.488 e. The third-order valence-corrected chi connectivity index (χ3v) is 5.46. The van der Waals surface area contributed by atoms with E-state index in [2.05, 4.69) is 37.4 Å². The molecule has 0 aliphatic carbocycles. The lowest BCUT2D eigenvalue weighted by molar-refractivity contribution is -1.01. The van der Waals surface area contributed by atoms with E-state index in [0.717, 1.165) is 57.2 Å². The number of piperazine rings is 1. The molecule has 0 spiro atoms. The van der Waals surface area contributed by atoms with Crippen LogP contribution in [0.4, 0.5) is 5.69 Å². The molecular weight excluding hydrogens is 350 g/mol. The number of amides is 1. The van der Waals surface area contributed by atoms with Crippen molar-refractivity contribution < 1.29 is 19.3 Å². The lowest BCUT2D eigenvalue weighted by Crippen LogP contribution is -3.28. The minimum atomic E-state index is 0.113. The number of rotatable bonds is 8. The third-order valence-electron chi connectivity index (χ3n) is 5.46. The molecule has 2 aromatic carbocycles. The van der Waals surface area contributed by atoms with Crippen LogP contribution in [-0.2, 0) is 11.2 Å². The van der Waals surface area contributed by atoms with Gasteiger partial charge in [-0.15, -0.1) is 0 Å². The first-order chi connectivity index (χ1) is 13.6. The number of anilines is 1. The average molecular weight is 384 g/mol. The van der Waals surface area contributed by atoms with Gasteiger partial charge in [-0.25, -0.2) is 0 Å². The van der Waals surface area contributed by atoms with Crippen LogP contribution >= 0.6 is 0 Å². The van der Waals surface area contributed by atoms with Crippen LogP contribution in [0.15, 0.2) is 48.5 Å². The number of carbonyl (C=O) groups is 1. The zero-order valence-corrected chi connectivity index (χ0v) is 17.1. The van der Waals surface area contributed by atoms with Crippen molar-refractivity contribution in [3.8, 4) is 5.75 Å². The first kappa shape index (κ1) is 20.4. The van der Waals surface area contributed by atoms with Crippen molar-refractivity contribution in [2.45, 2.75) is 20.3 Å². The van der Waals surface area contributed by atoms with Crippen LogP contribution in [0.2, 0.25) is 0 Å². The smallest absolute Gasteiger partial charge is 0.279 e. The fourth-order valence-corrected chi connectivity index (χ4v) is 3.77. The summed E-state index contributed by atoms with van der Waals surface area (Å²) in [6.45, 7) is 10.7. The molecule has 0 aromatic heterocycles. The molecule has 1 fully saturated rings. The van der Waals surface area contributed by atoms with Crippen LogP contribution in [0.1, 0.15) is 18.1 Å². The number of para-hydroxylation sites is 1. The molecule has 2 aromatic rings. The monoisotopic (exact) mass is 383 g/mol. The van der Waals surface area contributed by atoms with E-state index in [4.69, 9.17) is 4.74 Å². The van der Waals surface area contributed by atoms with Gasteiger partial charge in [0.15, 0.2) is 6.54 Å². The summed E-state index contributed by atoms with van der Waals surface area (Å²) in [5.41, 5.74) is 3.36. The largest absolute Gasteiger partial charge is 0.488 e. The Morgan fingerprint density at radius 2 is 1.79 bits per heavy atom. The highest BCUT2D eigenvalue weighted by Gasteiger charge is 2.24. The molecule has 0 saturated carbocycles. The summed E-state index contributed by atoms with van der Waals surface area (Å²) in [4.78, 5) is 15.4. The average Bonchev–Trinajstić information content (AvgIpc) is 2.70. The Balaban J connectivity index is 1.36. The molecule has 3 rings (SSSR count). The van der Waals surface area contributed by atoms with E-state index in [9.17, 15) is 4.79 Å². The molecule has 5 nitrogen and oxygen atoms in total. The maximum Gasteiger partial charge on any atom is 0.279 e. The van der Waals surface area contributed by atoms with Gasteiger partial charge >= 0.3 is 0 Å². The van der Waals surface area contributed by atoms with E-state index in [-0.39, 0.29) is 5.91 Å². The van der Waals surface area contributed by atoms with E-state index < -0.39 is 0 Å². The van der Waals surface area contributed by atoms with Crippen molar-refractivity contribution in [2.24, 2.45) is 0 Å². The lowest BCUT2D eigenvalue weighted by atomic mass is 10.1. The van der Waals surface area contributed by atoms with Gasteiger partial charge in [0.05, 0.1) is 0 Å². The predicted octanol–water partition coefficient (Wildman–Crippen LogP) is 0.358. The number of benzene rings is 2. The second kappa shape index (κ2) is 10.2. The van der Waals surface area contributed by atoms with Crippen molar-refractivity contribution in [2.75, 3.05) is 51.2 Å². The molecule has 28 heavy (non-hydrogen) atoms. The van der Waals surface area contributed by atoms with Gasteiger partial charge in [0.2, 0.25) is 0 Å². The number of quaternary nitrogens is 2. The van der Waals surface area contributed by atoms with E-state index >= 15 is 0 Å². The maximum absolute atomic E-state index is 12.4. The maximum atomic E-state index is 12.4. The zero-order valence-electron chi connectivity index (χ0n) is 17.1. The van der Waals surface area contributed by atoms with Gasteiger partial charge in [0, 0.05) is 5.69 Å². The summed E-state index contributed by atoms with van der Waals surface area (Å²) < 4.78 is 5.88. The SMILES string of the molecule is CCc1ccccc1NC(=O)C[NH+]1CC[NH+](CCOc2cccc(C)c2)CC1. The summed E-state index contributed by atoms with van der Waals surface area (Å²) in [7, 11) is 0. The van der Waals surface area contributed by atoms with Gasteiger partial charge in [-0.3, -0.25) is 4.79 Å². The molecule has 1 amide bonds. The number of ether oxygens (including phenoxy) is 1. The first-order valence-corrected chi connectivity index (χ1v) is 10.4. The van der Waals surface area contributed by atoms with Crippen LogP contribution in [0.5, 0.6) is 5.75 Å². The topological polar surface area (TPSA) is 47.2 Å². The van der Waals surface area contributed by atoms with Gasteiger partial charge in [-0.2, -0.15) is 0 Å². The number of carbonyl (C=O) groups excluding carboxylic acids is 1. The van der Waals surface area contributed by atoms with Crippen LogP contribution in [0, 0.1) is 6.92 Å². The second-order valence-electron chi connectivity index (χ2n) is 7.65. The molecule has 1 saturated heterocycles. The van der Waals surface area contributed by atoms with Crippen molar-refractivity contribution in [1.29, 1.82) is 0 Å². The van der Waals surface area contributed by atoms with Crippen LogP contribution in [-0.4, -0.2) is 51.8 Å². The van der Waals surface area contributed by atoms with E-state index in [1.54, 1.807) is 4.90 Å². The Hall–Kier alpha value is -2.37. The highest BCUT2D eigenvalue weighted by Crippen LogP contribution is 2.14. The summed E-state index contributed by atoms with van der Waals surface area (Å²) >= 11 is 0. The summed E-state index contributed by atoms with van der Waals surface area (Å²) in [5.74, 6) is 1.06. The van der Waals surface area contributed by atoms with Crippen LogP contribution in [0.25, 0.3) is 0 Å². The van der Waals surface area contributed by atoms with E-state index in [0.29, 0.717) is 6.54 Å². The van der Waals surface area contributed by atoms with E-state index in [1.807, 2.05) is 30.3 Å². The van der Waals surface area contributed by atoms with Gasteiger partial charge in [0.25, 0.3) is 5.91 Å². The van der Waals surface area contributed by atoms with Crippen molar-refractivity contribution >= 4 is 11.6 Å². The predicted molar refractivity (Wildman–Crippen MR) is 112 cm³/mol. The molecule has 5 heteroatoms. The summed E-state index contributed by atoms with van der Waals surface area (Å²) in [6, 6.07) is 16.3. The summed E-state index contributed by atoms with van der Waals surface area (Å²) in [5, 5.41) is 3.09. The van der Waals surface area contributed by atoms with Crippen LogP contribution in [0.3, 0.4) is 0 Å². The molecule has 0 unspecified atom stereocenters. The molecular formula is C23H33N3O2+2. The third kappa shape index (κ3) is 6.08. The second-order valence-corrected chi connectivity index (χ2v) is 7.65. The van der Waals surface area contributed by atoms with Crippen molar-refractivity contribution in [1.82, 2.24) is 0 Å².